The van der Waals surface area contributed by atoms with Crippen LogP contribution in [0.5, 0.6) is 0 Å². The maximum atomic E-state index is 4.72. The van der Waals surface area contributed by atoms with E-state index in [1.807, 2.05) is 13.0 Å². The first-order valence-electron chi connectivity index (χ1n) is 8.06. The van der Waals surface area contributed by atoms with Crippen molar-refractivity contribution in [2.24, 2.45) is 0 Å². The van der Waals surface area contributed by atoms with Gasteiger partial charge in [0.05, 0.1) is 0 Å². The van der Waals surface area contributed by atoms with Crippen LogP contribution in [0.1, 0.15) is 36.1 Å². The van der Waals surface area contributed by atoms with Crippen molar-refractivity contribution < 1.29 is 0 Å². The molecule has 0 radical (unpaired) electrons. The van der Waals surface area contributed by atoms with Gasteiger partial charge >= 0.3 is 0 Å². The molecule has 1 N–H and O–H groups in total. The summed E-state index contributed by atoms with van der Waals surface area (Å²) in [6, 6.07) is 8.47. The summed E-state index contributed by atoms with van der Waals surface area (Å²) in [7, 11) is 0. The summed E-state index contributed by atoms with van der Waals surface area (Å²) in [4.78, 5) is 11.6. The van der Waals surface area contributed by atoms with Gasteiger partial charge in [-0.3, -0.25) is 0 Å². The van der Waals surface area contributed by atoms with E-state index in [2.05, 4.69) is 47.2 Å². The molecule has 1 saturated heterocycles. The second kappa shape index (κ2) is 6.34. The van der Waals surface area contributed by atoms with E-state index in [-0.39, 0.29) is 0 Å². The Morgan fingerprint density at radius 2 is 1.55 bits per heavy atom. The van der Waals surface area contributed by atoms with Crippen LogP contribution in [-0.2, 0) is 0 Å². The first kappa shape index (κ1) is 14.8. The van der Waals surface area contributed by atoms with Crippen LogP contribution in [0.25, 0.3) is 0 Å². The Bertz CT molecular complexity index is 640. The van der Waals surface area contributed by atoms with E-state index in [9.17, 15) is 0 Å². The molecule has 1 aliphatic rings. The van der Waals surface area contributed by atoms with Gasteiger partial charge in [-0.15, -0.1) is 0 Å². The van der Waals surface area contributed by atoms with E-state index in [1.165, 1.54) is 30.4 Å². The van der Waals surface area contributed by atoms with Gasteiger partial charge in [0.1, 0.15) is 5.82 Å². The maximum Gasteiger partial charge on any atom is 0.227 e. The molecule has 0 saturated carbocycles. The number of benzene rings is 1. The number of nitrogens with zero attached hydrogens (tertiary/aromatic N) is 3. The largest absolute Gasteiger partial charge is 0.341 e. The summed E-state index contributed by atoms with van der Waals surface area (Å²) in [6.07, 6.45) is 3.78. The minimum Gasteiger partial charge on any atom is -0.341 e. The lowest BCUT2D eigenvalue weighted by Crippen LogP contribution is -2.31. The molecule has 1 fully saturated rings. The number of nitrogens with one attached hydrogen (secondary N) is 1. The number of piperidine rings is 1. The van der Waals surface area contributed by atoms with Gasteiger partial charge in [-0.2, -0.15) is 4.98 Å². The van der Waals surface area contributed by atoms with Gasteiger partial charge in [0.25, 0.3) is 0 Å². The van der Waals surface area contributed by atoms with Crippen LogP contribution in [0.4, 0.5) is 17.5 Å². The van der Waals surface area contributed by atoms with Gasteiger partial charge < -0.3 is 10.2 Å². The topological polar surface area (TPSA) is 41.1 Å². The Morgan fingerprint density at radius 3 is 2.23 bits per heavy atom. The van der Waals surface area contributed by atoms with Gasteiger partial charge in [-0.05, 0) is 63.3 Å². The molecular formula is C18H24N4. The molecule has 3 rings (SSSR count). The fraction of sp³-hybridized carbons (Fsp3) is 0.444. The molecule has 0 atom stereocenters. The van der Waals surface area contributed by atoms with E-state index in [0.717, 1.165) is 36.2 Å². The molecule has 2 heterocycles. The van der Waals surface area contributed by atoms with Crippen LogP contribution < -0.4 is 10.2 Å². The van der Waals surface area contributed by atoms with Crippen molar-refractivity contribution in [3.63, 3.8) is 0 Å². The maximum absolute atomic E-state index is 4.72. The summed E-state index contributed by atoms with van der Waals surface area (Å²) in [5, 5.41) is 3.43. The highest BCUT2D eigenvalue weighted by Crippen LogP contribution is 2.22. The average molecular weight is 296 g/mol. The molecule has 2 aromatic rings. The van der Waals surface area contributed by atoms with Gasteiger partial charge in [-0.1, -0.05) is 6.07 Å². The Morgan fingerprint density at radius 1 is 0.864 bits per heavy atom. The standard InChI is InChI=1S/C18H24N4/c1-13-9-14(2)11-16(10-13)20-17-12-15(3)19-18(21-17)22-7-5-4-6-8-22/h9-12H,4-8H2,1-3H3,(H,19,20,21). The zero-order valence-electron chi connectivity index (χ0n) is 13.7. The molecule has 22 heavy (non-hydrogen) atoms. The molecule has 1 aromatic heterocycles. The monoisotopic (exact) mass is 296 g/mol. The Balaban J connectivity index is 1.85. The van der Waals surface area contributed by atoms with Crippen LogP contribution in [0.3, 0.4) is 0 Å². The van der Waals surface area contributed by atoms with Crippen molar-refractivity contribution in [1.82, 2.24) is 9.97 Å². The molecule has 0 aliphatic carbocycles. The molecule has 0 bridgehead atoms. The third kappa shape index (κ3) is 3.56. The molecule has 1 aliphatic heterocycles. The van der Waals surface area contributed by atoms with Gasteiger partial charge in [0.2, 0.25) is 5.95 Å². The first-order chi connectivity index (χ1) is 10.6. The minimum absolute atomic E-state index is 0.853. The Hall–Kier alpha value is -2.10. The SMILES string of the molecule is Cc1cc(C)cc(Nc2cc(C)nc(N3CCCCC3)n2)c1. The van der Waals surface area contributed by atoms with Crippen LogP contribution in [0.2, 0.25) is 0 Å². The van der Waals surface area contributed by atoms with Crippen LogP contribution in [-0.4, -0.2) is 23.1 Å². The first-order valence-corrected chi connectivity index (χ1v) is 8.06. The van der Waals surface area contributed by atoms with Crippen LogP contribution in [0.15, 0.2) is 24.3 Å². The smallest absolute Gasteiger partial charge is 0.227 e. The number of anilines is 3. The number of hydrogen-bond donors (Lipinski definition) is 1. The molecule has 4 nitrogen and oxygen atoms in total. The number of hydrogen-bond acceptors (Lipinski definition) is 4. The molecule has 0 spiro atoms. The van der Waals surface area contributed by atoms with Gasteiger partial charge in [0.15, 0.2) is 0 Å². The highest BCUT2D eigenvalue weighted by Gasteiger charge is 2.14. The van der Waals surface area contributed by atoms with Crippen molar-refractivity contribution in [3.8, 4) is 0 Å². The summed E-state index contributed by atoms with van der Waals surface area (Å²) in [5.41, 5.74) is 4.59. The molecule has 0 amide bonds. The minimum atomic E-state index is 0.853. The third-order valence-corrected chi connectivity index (χ3v) is 3.98. The van der Waals surface area contributed by atoms with Crippen LogP contribution in [0, 0.1) is 20.8 Å². The highest BCUT2D eigenvalue weighted by molar-refractivity contribution is 5.59. The normalized spacial score (nSPS) is 15.0. The zero-order chi connectivity index (χ0) is 15.5. The predicted octanol–water partition coefficient (Wildman–Crippen LogP) is 4.14. The van der Waals surface area contributed by atoms with E-state index in [0.29, 0.717) is 0 Å². The van der Waals surface area contributed by atoms with Crippen molar-refractivity contribution >= 4 is 17.5 Å². The van der Waals surface area contributed by atoms with Crippen molar-refractivity contribution in [1.29, 1.82) is 0 Å². The lowest BCUT2D eigenvalue weighted by Gasteiger charge is -2.27. The van der Waals surface area contributed by atoms with Crippen molar-refractivity contribution in [3.05, 3.63) is 41.1 Å². The number of aromatic nitrogens is 2. The Kier molecular flexibility index (Phi) is 4.27. The van der Waals surface area contributed by atoms with Crippen LogP contribution >= 0.6 is 0 Å². The summed E-state index contributed by atoms with van der Waals surface area (Å²) in [6.45, 7) is 8.38. The number of rotatable bonds is 3. The summed E-state index contributed by atoms with van der Waals surface area (Å²) >= 11 is 0. The fourth-order valence-electron chi connectivity index (χ4n) is 3.05. The van der Waals surface area contributed by atoms with Crippen molar-refractivity contribution in [2.75, 3.05) is 23.3 Å². The second-order valence-electron chi connectivity index (χ2n) is 6.24. The third-order valence-electron chi connectivity index (χ3n) is 3.98. The fourth-order valence-corrected chi connectivity index (χ4v) is 3.05. The van der Waals surface area contributed by atoms with Gasteiger partial charge in [-0.25, -0.2) is 4.98 Å². The molecule has 0 unspecified atom stereocenters. The van der Waals surface area contributed by atoms with Crippen molar-refractivity contribution in [2.45, 2.75) is 40.0 Å². The number of aryl methyl sites for hydroxylation is 3. The lowest BCUT2D eigenvalue weighted by molar-refractivity contribution is 0.568. The molecule has 1 aromatic carbocycles. The highest BCUT2D eigenvalue weighted by atomic mass is 15.3. The van der Waals surface area contributed by atoms with Gasteiger partial charge in [0, 0.05) is 30.5 Å². The quantitative estimate of drug-likeness (QED) is 0.924. The molecular weight excluding hydrogens is 272 g/mol. The summed E-state index contributed by atoms with van der Waals surface area (Å²) in [5.74, 6) is 1.73. The van der Waals surface area contributed by atoms with E-state index < -0.39 is 0 Å². The molecule has 116 valence electrons. The molecule has 4 heteroatoms. The Labute approximate surface area is 132 Å². The van der Waals surface area contributed by atoms with E-state index in [1.54, 1.807) is 0 Å². The van der Waals surface area contributed by atoms with E-state index in [4.69, 9.17) is 4.98 Å². The lowest BCUT2D eigenvalue weighted by atomic mass is 10.1. The zero-order valence-corrected chi connectivity index (χ0v) is 13.7. The summed E-state index contributed by atoms with van der Waals surface area (Å²) < 4.78 is 0. The van der Waals surface area contributed by atoms with E-state index >= 15 is 0 Å². The average Bonchev–Trinajstić information content (AvgIpc) is 2.46. The second-order valence-corrected chi connectivity index (χ2v) is 6.24. The predicted molar refractivity (Wildman–Crippen MR) is 92.0 cm³/mol.